The fourth-order valence-corrected chi connectivity index (χ4v) is 3.52. The van der Waals surface area contributed by atoms with Crippen LogP contribution in [0.1, 0.15) is 0 Å². The lowest BCUT2D eigenvalue weighted by Gasteiger charge is -2.08. The van der Waals surface area contributed by atoms with Gasteiger partial charge in [0.2, 0.25) is 10.9 Å². The van der Waals surface area contributed by atoms with Gasteiger partial charge in [-0.05, 0) is 11.1 Å². The Hall–Kier alpha value is -4.12. The van der Waals surface area contributed by atoms with Gasteiger partial charge < -0.3 is 13.9 Å². The van der Waals surface area contributed by atoms with Crippen LogP contribution < -0.4 is 10.9 Å². The Bertz CT molecular complexity index is 1480. The van der Waals surface area contributed by atoms with E-state index in [1.165, 1.54) is 18.6 Å². The number of phenols is 1. The Balaban J connectivity index is 1.88. The van der Waals surface area contributed by atoms with Crippen LogP contribution in [-0.4, -0.2) is 5.11 Å². The van der Waals surface area contributed by atoms with E-state index in [9.17, 15) is 14.7 Å². The number of benzene rings is 3. The van der Waals surface area contributed by atoms with Gasteiger partial charge in [0, 0.05) is 6.07 Å². The highest BCUT2D eigenvalue weighted by Crippen LogP contribution is 2.32. The predicted molar refractivity (Wildman–Crippen MR) is 111 cm³/mol. The molecule has 0 saturated heterocycles. The van der Waals surface area contributed by atoms with Crippen molar-refractivity contribution < 1.29 is 13.9 Å². The lowest BCUT2D eigenvalue weighted by atomic mass is 10.0. The summed E-state index contributed by atoms with van der Waals surface area (Å²) in [7, 11) is 0. The highest BCUT2D eigenvalue weighted by Gasteiger charge is 2.20. The molecule has 0 aliphatic heterocycles. The molecule has 0 aliphatic carbocycles. The van der Waals surface area contributed by atoms with Crippen LogP contribution >= 0.6 is 0 Å². The van der Waals surface area contributed by atoms with Gasteiger partial charge in [-0.3, -0.25) is 9.59 Å². The number of phenolic OH excluding ortho intramolecular Hbond substituents is 1. The summed E-state index contributed by atoms with van der Waals surface area (Å²) < 4.78 is 11.3. The lowest BCUT2D eigenvalue weighted by Crippen LogP contribution is -2.09. The van der Waals surface area contributed by atoms with Crippen LogP contribution in [0, 0.1) is 0 Å². The van der Waals surface area contributed by atoms with Gasteiger partial charge in [0.15, 0.2) is 5.58 Å². The second-order valence-electron chi connectivity index (χ2n) is 6.66. The molecular formula is C24H14O5. The molecule has 2 aromatic heterocycles. The van der Waals surface area contributed by atoms with E-state index in [4.69, 9.17) is 8.83 Å². The zero-order valence-electron chi connectivity index (χ0n) is 15.1. The molecule has 1 N–H and O–H groups in total. The van der Waals surface area contributed by atoms with E-state index in [-0.39, 0.29) is 33.1 Å². The highest BCUT2D eigenvalue weighted by atomic mass is 16.3. The molecule has 29 heavy (non-hydrogen) atoms. The average Bonchev–Trinajstić information content (AvgIpc) is 2.75. The van der Waals surface area contributed by atoms with Crippen molar-refractivity contribution in [2.45, 2.75) is 0 Å². The molecule has 5 nitrogen and oxygen atoms in total. The summed E-state index contributed by atoms with van der Waals surface area (Å²) in [5, 5.41) is 10.6. The van der Waals surface area contributed by atoms with Crippen molar-refractivity contribution in [1.82, 2.24) is 0 Å². The van der Waals surface area contributed by atoms with Crippen molar-refractivity contribution in [3.63, 3.8) is 0 Å². The van der Waals surface area contributed by atoms with E-state index >= 15 is 0 Å². The zero-order chi connectivity index (χ0) is 20.0. The molecule has 0 saturated carbocycles. The molecule has 0 spiro atoms. The SMILES string of the molecule is O=c1c(-c2ccccc2)coc2c1c(O)cc1occ(-c3ccccc3)c(=O)c12. The standard InChI is InChI=1S/C24H14O5/c25-18-11-19-21(23(27)16(12-28-19)14-7-3-1-4-8-14)24-20(18)22(26)17(13-29-24)15-9-5-2-6-10-15/h1-13,25H. The van der Waals surface area contributed by atoms with Gasteiger partial charge in [0.1, 0.15) is 34.6 Å². The summed E-state index contributed by atoms with van der Waals surface area (Å²) >= 11 is 0. The van der Waals surface area contributed by atoms with Gasteiger partial charge in [-0.15, -0.1) is 0 Å². The molecular weight excluding hydrogens is 368 g/mol. The Kier molecular flexibility index (Phi) is 3.81. The molecule has 0 fully saturated rings. The molecule has 0 bridgehead atoms. The van der Waals surface area contributed by atoms with Crippen LogP contribution in [0.15, 0.2) is 97.7 Å². The lowest BCUT2D eigenvalue weighted by molar-refractivity contribution is 0.478. The fourth-order valence-electron chi connectivity index (χ4n) is 3.52. The maximum absolute atomic E-state index is 13.2. The van der Waals surface area contributed by atoms with E-state index in [0.717, 1.165) is 0 Å². The molecule has 0 atom stereocenters. The van der Waals surface area contributed by atoms with Gasteiger partial charge in [-0.25, -0.2) is 0 Å². The van der Waals surface area contributed by atoms with Crippen molar-refractivity contribution in [2.75, 3.05) is 0 Å². The van der Waals surface area contributed by atoms with Crippen molar-refractivity contribution in [2.24, 2.45) is 0 Å². The van der Waals surface area contributed by atoms with Gasteiger partial charge >= 0.3 is 0 Å². The highest BCUT2D eigenvalue weighted by molar-refractivity contribution is 6.06. The molecule has 5 aromatic rings. The van der Waals surface area contributed by atoms with Gasteiger partial charge in [-0.2, -0.15) is 0 Å². The first-order valence-corrected chi connectivity index (χ1v) is 8.99. The van der Waals surface area contributed by atoms with E-state index < -0.39 is 5.43 Å². The van der Waals surface area contributed by atoms with Crippen molar-refractivity contribution >= 4 is 21.9 Å². The first kappa shape index (κ1) is 17.0. The largest absolute Gasteiger partial charge is 0.507 e. The minimum Gasteiger partial charge on any atom is -0.507 e. The second kappa shape index (κ2) is 6.49. The van der Waals surface area contributed by atoms with Crippen molar-refractivity contribution in [3.8, 4) is 28.0 Å². The summed E-state index contributed by atoms with van der Waals surface area (Å²) in [5.74, 6) is -0.297. The van der Waals surface area contributed by atoms with E-state index in [1.54, 1.807) is 36.4 Å². The number of rotatable bonds is 2. The van der Waals surface area contributed by atoms with Crippen LogP contribution in [-0.2, 0) is 0 Å². The van der Waals surface area contributed by atoms with Crippen molar-refractivity contribution in [3.05, 3.63) is 99.7 Å². The van der Waals surface area contributed by atoms with Crippen molar-refractivity contribution in [1.29, 1.82) is 0 Å². The third kappa shape index (κ3) is 2.63. The average molecular weight is 382 g/mol. The van der Waals surface area contributed by atoms with Crippen LogP contribution in [0.3, 0.4) is 0 Å². The smallest absolute Gasteiger partial charge is 0.204 e. The van der Waals surface area contributed by atoms with Crippen LogP contribution in [0.5, 0.6) is 5.75 Å². The zero-order valence-corrected chi connectivity index (χ0v) is 15.1. The third-order valence-corrected chi connectivity index (χ3v) is 4.94. The number of hydrogen-bond acceptors (Lipinski definition) is 5. The summed E-state index contributed by atoms with van der Waals surface area (Å²) in [6, 6.07) is 19.4. The van der Waals surface area contributed by atoms with Gasteiger partial charge in [0.05, 0.1) is 11.1 Å². The number of fused-ring (bicyclic) bond motifs is 3. The molecule has 2 heterocycles. The van der Waals surface area contributed by atoms with E-state index in [2.05, 4.69) is 0 Å². The molecule has 0 radical (unpaired) electrons. The maximum atomic E-state index is 13.2. The summed E-state index contributed by atoms with van der Waals surface area (Å²) in [6.45, 7) is 0. The number of hydrogen-bond donors (Lipinski definition) is 1. The minimum atomic E-state index is -0.415. The molecule has 0 amide bonds. The van der Waals surface area contributed by atoms with Crippen LogP contribution in [0.25, 0.3) is 44.2 Å². The van der Waals surface area contributed by atoms with Gasteiger partial charge in [0.25, 0.3) is 0 Å². The molecule has 0 aliphatic rings. The topological polar surface area (TPSA) is 80.7 Å². The summed E-state index contributed by atoms with van der Waals surface area (Å²) in [6.07, 6.45) is 2.66. The summed E-state index contributed by atoms with van der Waals surface area (Å²) in [5.41, 5.74) is 1.41. The Morgan fingerprint density at radius 3 is 1.76 bits per heavy atom. The van der Waals surface area contributed by atoms with Crippen LogP contribution in [0.2, 0.25) is 0 Å². The van der Waals surface area contributed by atoms with Gasteiger partial charge in [-0.1, -0.05) is 60.7 Å². The quantitative estimate of drug-likeness (QED) is 0.438. The Morgan fingerprint density at radius 1 is 0.655 bits per heavy atom. The first-order valence-electron chi connectivity index (χ1n) is 8.99. The molecule has 140 valence electrons. The maximum Gasteiger partial charge on any atom is 0.204 e. The minimum absolute atomic E-state index is 0.0104. The fraction of sp³-hybridized carbons (Fsp3) is 0. The van der Waals surface area contributed by atoms with Crippen LogP contribution in [0.4, 0.5) is 0 Å². The molecule has 0 unspecified atom stereocenters. The first-order chi connectivity index (χ1) is 14.1. The Morgan fingerprint density at radius 2 is 1.17 bits per heavy atom. The third-order valence-electron chi connectivity index (χ3n) is 4.94. The number of aromatic hydroxyl groups is 1. The predicted octanol–water partition coefficient (Wildman–Crippen LogP) is 4.94. The van der Waals surface area contributed by atoms with E-state index in [0.29, 0.717) is 22.3 Å². The summed E-state index contributed by atoms with van der Waals surface area (Å²) in [4.78, 5) is 26.3. The molecule has 5 heteroatoms. The normalized spacial score (nSPS) is 11.2. The van der Waals surface area contributed by atoms with E-state index in [1.807, 2.05) is 24.3 Å². The monoisotopic (exact) mass is 382 g/mol. The Labute approximate surface area is 164 Å². The second-order valence-corrected chi connectivity index (χ2v) is 6.66. The molecule has 3 aromatic carbocycles. The molecule has 5 rings (SSSR count).